The quantitative estimate of drug-likeness (QED) is 0.676. The third kappa shape index (κ3) is 4.20. The predicted octanol–water partition coefficient (Wildman–Crippen LogP) is -0.184. The first-order valence-electron chi connectivity index (χ1n) is 6.03. The standard InChI is InChI=1S/C13H17FN2O4/c1-8(20-11-6-4-3-5-9(11)14)12(18)16-10(7-17)13(19)15-2/h3-6,8,10,17H,7H2,1-2H3,(H,15,19)(H,16,18)/t8-,10+/m1/s1. The van der Waals surface area contributed by atoms with Crippen LogP contribution in [0.5, 0.6) is 5.75 Å². The number of likely N-dealkylation sites (N-methyl/N-ethyl adjacent to an activating group) is 1. The van der Waals surface area contributed by atoms with Crippen LogP contribution >= 0.6 is 0 Å². The molecule has 0 bridgehead atoms. The Morgan fingerprint density at radius 3 is 2.55 bits per heavy atom. The van der Waals surface area contributed by atoms with E-state index in [1.165, 1.54) is 32.2 Å². The van der Waals surface area contributed by atoms with Crippen molar-refractivity contribution in [3.63, 3.8) is 0 Å². The van der Waals surface area contributed by atoms with E-state index in [9.17, 15) is 14.0 Å². The van der Waals surface area contributed by atoms with Gasteiger partial charge in [0.25, 0.3) is 5.91 Å². The van der Waals surface area contributed by atoms with Gasteiger partial charge in [-0.1, -0.05) is 12.1 Å². The number of rotatable bonds is 6. The number of benzene rings is 1. The van der Waals surface area contributed by atoms with Gasteiger partial charge in [0.1, 0.15) is 6.04 Å². The van der Waals surface area contributed by atoms with Crippen LogP contribution in [0, 0.1) is 5.82 Å². The molecule has 0 aliphatic heterocycles. The van der Waals surface area contributed by atoms with Gasteiger partial charge in [0.05, 0.1) is 6.61 Å². The summed E-state index contributed by atoms with van der Waals surface area (Å²) in [7, 11) is 1.39. The lowest BCUT2D eigenvalue weighted by Crippen LogP contribution is -2.51. The summed E-state index contributed by atoms with van der Waals surface area (Å²) in [6, 6.07) is 4.60. The molecular formula is C13H17FN2O4. The second kappa shape index (κ2) is 7.44. The highest BCUT2D eigenvalue weighted by Gasteiger charge is 2.23. The van der Waals surface area contributed by atoms with Gasteiger partial charge in [-0.25, -0.2) is 4.39 Å². The van der Waals surface area contributed by atoms with Gasteiger partial charge in [-0.2, -0.15) is 0 Å². The molecule has 0 spiro atoms. The summed E-state index contributed by atoms with van der Waals surface area (Å²) >= 11 is 0. The third-order valence-corrected chi connectivity index (χ3v) is 2.57. The Morgan fingerprint density at radius 2 is 2.00 bits per heavy atom. The fourth-order valence-electron chi connectivity index (χ4n) is 1.44. The molecule has 0 aliphatic carbocycles. The number of para-hydroxylation sites is 1. The van der Waals surface area contributed by atoms with Crippen LogP contribution in [0.3, 0.4) is 0 Å². The Kier molecular flexibility index (Phi) is 5.92. The molecule has 1 rings (SSSR count). The predicted molar refractivity (Wildman–Crippen MR) is 69.6 cm³/mol. The van der Waals surface area contributed by atoms with Crippen molar-refractivity contribution in [2.24, 2.45) is 0 Å². The molecule has 0 fully saturated rings. The minimum absolute atomic E-state index is 0.0596. The van der Waals surface area contributed by atoms with Crippen LogP contribution in [-0.4, -0.2) is 42.7 Å². The van der Waals surface area contributed by atoms with Crippen LogP contribution < -0.4 is 15.4 Å². The SMILES string of the molecule is CNC(=O)[C@H](CO)NC(=O)[C@@H](C)Oc1ccccc1F. The van der Waals surface area contributed by atoms with E-state index in [-0.39, 0.29) is 5.75 Å². The summed E-state index contributed by atoms with van der Waals surface area (Å²) in [5.41, 5.74) is 0. The van der Waals surface area contributed by atoms with E-state index < -0.39 is 36.4 Å². The number of aliphatic hydroxyl groups excluding tert-OH is 1. The molecule has 1 aromatic carbocycles. The van der Waals surface area contributed by atoms with Gasteiger partial charge in [0, 0.05) is 7.05 Å². The summed E-state index contributed by atoms with van der Waals surface area (Å²) in [4.78, 5) is 23.1. The smallest absolute Gasteiger partial charge is 0.261 e. The normalized spacial score (nSPS) is 13.2. The minimum atomic E-state index is -1.07. The first kappa shape index (κ1) is 15.9. The van der Waals surface area contributed by atoms with Gasteiger partial charge in [-0.3, -0.25) is 9.59 Å². The van der Waals surface area contributed by atoms with Crippen LogP contribution in [0.1, 0.15) is 6.92 Å². The first-order valence-corrected chi connectivity index (χ1v) is 6.03. The average molecular weight is 284 g/mol. The van der Waals surface area contributed by atoms with Crippen LogP contribution in [0.25, 0.3) is 0 Å². The number of carbonyl (C=O) groups is 2. The van der Waals surface area contributed by atoms with Crippen molar-refractivity contribution in [1.29, 1.82) is 0 Å². The number of hydrogen-bond donors (Lipinski definition) is 3. The zero-order chi connectivity index (χ0) is 15.1. The largest absolute Gasteiger partial charge is 0.478 e. The van der Waals surface area contributed by atoms with Gasteiger partial charge in [-0.15, -0.1) is 0 Å². The van der Waals surface area contributed by atoms with Gasteiger partial charge in [0.15, 0.2) is 17.7 Å². The van der Waals surface area contributed by atoms with Crippen molar-refractivity contribution in [3.05, 3.63) is 30.1 Å². The Bertz CT molecular complexity index is 481. The molecule has 110 valence electrons. The van der Waals surface area contributed by atoms with Crippen molar-refractivity contribution < 1.29 is 23.8 Å². The average Bonchev–Trinajstić information content (AvgIpc) is 2.45. The lowest BCUT2D eigenvalue weighted by Gasteiger charge is -2.19. The maximum absolute atomic E-state index is 13.4. The third-order valence-electron chi connectivity index (χ3n) is 2.57. The number of amides is 2. The number of aliphatic hydroxyl groups is 1. The van der Waals surface area contributed by atoms with Crippen molar-refractivity contribution in [1.82, 2.24) is 10.6 Å². The van der Waals surface area contributed by atoms with E-state index in [4.69, 9.17) is 9.84 Å². The second-order valence-electron chi connectivity index (χ2n) is 4.05. The Balaban J connectivity index is 2.63. The Hall–Kier alpha value is -2.15. The number of ether oxygens (including phenoxy) is 1. The summed E-state index contributed by atoms with van der Waals surface area (Å²) < 4.78 is 18.5. The molecule has 0 aromatic heterocycles. The topological polar surface area (TPSA) is 87.7 Å². The molecule has 0 saturated heterocycles. The van der Waals surface area contributed by atoms with Gasteiger partial charge in [-0.05, 0) is 19.1 Å². The lowest BCUT2D eigenvalue weighted by atomic mass is 10.2. The van der Waals surface area contributed by atoms with E-state index >= 15 is 0 Å². The van der Waals surface area contributed by atoms with Crippen LogP contribution in [-0.2, 0) is 9.59 Å². The number of hydrogen-bond acceptors (Lipinski definition) is 4. The molecule has 0 heterocycles. The zero-order valence-corrected chi connectivity index (χ0v) is 11.2. The molecule has 2 amide bonds. The molecule has 6 nitrogen and oxygen atoms in total. The van der Waals surface area contributed by atoms with Gasteiger partial charge >= 0.3 is 0 Å². The zero-order valence-electron chi connectivity index (χ0n) is 11.2. The number of halogens is 1. The van der Waals surface area contributed by atoms with Crippen LogP contribution in [0.15, 0.2) is 24.3 Å². The Labute approximate surface area is 115 Å². The fraction of sp³-hybridized carbons (Fsp3) is 0.385. The van der Waals surface area contributed by atoms with Gasteiger partial charge < -0.3 is 20.5 Å². The number of carbonyl (C=O) groups excluding carboxylic acids is 2. The summed E-state index contributed by atoms with van der Waals surface area (Å²) in [5.74, 6) is -1.80. The maximum Gasteiger partial charge on any atom is 0.261 e. The molecule has 0 saturated carbocycles. The molecule has 0 radical (unpaired) electrons. The molecule has 7 heteroatoms. The van der Waals surface area contributed by atoms with E-state index in [1.807, 2.05) is 0 Å². The fourth-order valence-corrected chi connectivity index (χ4v) is 1.44. The molecule has 2 atom stereocenters. The van der Waals surface area contributed by atoms with Crippen LogP contribution in [0.2, 0.25) is 0 Å². The van der Waals surface area contributed by atoms with E-state index in [0.717, 1.165) is 0 Å². The van der Waals surface area contributed by atoms with E-state index in [2.05, 4.69) is 10.6 Å². The molecule has 0 unspecified atom stereocenters. The van der Waals surface area contributed by atoms with Crippen molar-refractivity contribution in [3.8, 4) is 5.75 Å². The summed E-state index contributed by atoms with van der Waals surface area (Å²) in [6.45, 7) is 0.873. The highest BCUT2D eigenvalue weighted by atomic mass is 19.1. The van der Waals surface area contributed by atoms with Crippen molar-refractivity contribution in [2.45, 2.75) is 19.1 Å². The van der Waals surface area contributed by atoms with Crippen molar-refractivity contribution >= 4 is 11.8 Å². The van der Waals surface area contributed by atoms with E-state index in [0.29, 0.717) is 0 Å². The molecule has 20 heavy (non-hydrogen) atoms. The molecule has 0 aliphatic rings. The van der Waals surface area contributed by atoms with Crippen LogP contribution in [0.4, 0.5) is 4.39 Å². The number of nitrogens with one attached hydrogen (secondary N) is 2. The monoisotopic (exact) mass is 284 g/mol. The Morgan fingerprint density at radius 1 is 1.35 bits per heavy atom. The molecule has 1 aromatic rings. The summed E-state index contributed by atoms with van der Waals surface area (Å²) in [6.07, 6.45) is -1.01. The maximum atomic E-state index is 13.4. The summed E-state index contributed by atoms with van der Waals surface area (Å²) in [5, 5.41) is 13.6. The lowest BCUT2D eigenvalue weighted by molar-refractivity contribution is -0.133. The molecule has 3 N–H and O–H groups in total. The van der Waals surface area contributed by atoms with Gasteiger partial charge in [0.2, 0.25) is 5.91 Å². The van der Waals surface area contributed by atoms with Crippen molar-refractivity contribution in [2.75, 3.05) is 13.7 Å². The highest BCUT2D eigenvalue weighted by Crippen LogP contribution is 2.16. The first-order chi connectivity index (χ1) is 9.49. The minimum Gasteiger partial charge on any atom is -0.478 e. The second-order valence-corrected chi connectivity index (χ2v) is 4.05. The highest BCUT2D eigenvalue weighted by molar-refractivity contribution is 5.89. The molecular weight excluding hydrogens is 267 g/mol. The van der Waals surface area contributed by atoms with E-state index in [1.54, 1.807) is 6.07 Å².